The van der Waals surface area contributed by atoms with E-state index in [2.05, 4.69) is 11.8 Å². The van der Waals surface area contributed by atoms with Gasteiger partial charge in [-0.05, 0) is 43.0 Å². The molecule has 0 aliphatic heterocycles. The zero-order valence-corrected chi connectivity index (χ0v) is 11.9. The Morgan fingerprint density at radius 2 is 1.57 bits per heavy atom. The molecule has 0 radical (unpaired) electrons. The Bertz CT molecular complexity index is 758. The number of rotatable bonds is 2. The molecule has 21 heavy (non-hydrogen) atoms. The summed E-state index contributed by atoms with van der Waals surface area (Å²) >= 11 is 0. The van der Waals surface area contributed by atoms with Crippen LogP contribution >= 0.6 is 0 Å². The first kappa shape index (κ1) is 13.5. The molecule has 0 heterocycles. The Labute approximate surface area is 124 Å². The van der Waals surface area contributed by atoms with Gasteiger partial charge in [0.05, 0.1) is 5.41 Å². The molecule has 0 saturated heterocycles. The van der Waals surface area contributed by atoms with Gasteiger partial charge in [-0.1, -0.05) is 48.2 Å². The summed E-state index contributed by atoms with van der Waals surface area (Å²) in [5.74, 6) is 5.58. The maximum atomic E-state index is 11.5. The fourth-order valence-electron chi connectivity index (χ4n) is 2.58. The van der Waals surface area contributed by atoms with Gasteiger partial charge in [0.25, 0.3) is 0 Å². The molecule has 2 aromatic rings. The highest BCUT2D eigenvalue weighted by molar-refractivity contribution is 5.86. The van der Waals surface area contributed by atoms with Crippen LogP contribution in [0.3, 0.4) is 0 Å². The summed E-state index contributed by atoms with van der Waals surface area (Å²) in [6, 6.07) is 15.5. The molecule has 104 valence electrons. The van der Waals surface area contributed by atoms with E-state index in [4.69, 9.17) is 0 Å². The Morgan fingerprint density at radius 3 is 2.19 bits per heavy atom. The van der Waals surface area contributed by atoms with Crippen molar-refractivity contribution in [1.82, 2.24) is 0 Å². The fourth-order valence-corrected chi connectivity index (χ4v) is 2.58. The van der Waals surface area contributed by atoms with Crippen molar-refractivity contribution in [3.63, 3.8) is 0 Å². The van der Waals surface area contributed by atoms with Gasteiger partial charge in [0, 0.05) is 11.1 Å². The van der Waals surface area contributed by atoms with Crippen LogP contribution in [0.5, 0.6) is 0 Å². The fraction of sp³-hybridized carbons (Fsp3) is 0.211. The number of aryl methyl sites for hydroxylation is 1. The predicted octanol–water partition coefficient (Wildman–Crippen LogP) is 3.51. The van der Waals surface area contributed by atoms with E-state index in [0.29, 0.717) is 12.8 Å². The number of hydrogen-bond acceptors (Lipinski definition) is 1. The van der Waals surface area contributed by atoms with Crippen molar-refractivity contribution in [2.24, 2.45) is 0 Å². The van der Waals surface area contributed by atoms with E-state index < -0.39 is 11.4 Å². The zero-order chi connectivity index (χ0) is 14.9. The molecule has 2 nitrogen and oxygen atoms in total. The van der Waals surface area contributed by atoms with E-state index in [-0.39, 0.29) is 0 Å². The van der Waals surface area contributed by atoms with Gasteiger partial charge >= 0.3 is 5.97 Å². The average molecular weight is 276 g/mol. The first-order valence-corrected chi connectivity index (χ1v) is 7.04. The van der Waals surface area contributed by atoms with Gasteiger partial charge in [0.1, 0.15) is 0 Å². The maximum Gasteiger partial charge on any atom is 0.314 e. The van der Waals surface area contributed by atoms with Gasteiger partial charge in [-0.3, -0.25) is 4.79 Å². The number of carbonyl (C=O) groups is 1. The number of benzene rings is 2. The molecule has 0 atom stereocenters. The SMILES string of the molecule is Cc1ccccc1C#Cc1ccccc1C1(C(=O)O)CC1. The third-order valence-corrected chi connectivity index (χ3v) is 4.08. The van der Waals surface area contributed by atoms with E-state index >= 15 is 0 Å². The normalized spacial score (nSPS) is 14.9. The van der Waals surface area contributed by atoms with Crippen molar-refractivity contribution >= 4 is 5.97 Å². The molecule has 3 rings (SSSR count). The Kier molecular flexibility index (Phi) is 3.27. The minimum absolute atomic E-state index is 0.700. The second-order valence-corrected chi connectivity index (χ2v) is 5.50. The van der Waals surface area contributed by atoms with Gasteiger partial charge < -0.3 is 5.11 Å². The second-order valence-electron chi connectivity index (χ2n) is 5.50. The topological polar surface area (TPSA) is 37.3 Å². The Morgan fingerprint density at radius 1 is 1.00 bits per heavy atom. The van der Waals surface area contributed by atoms with Crippen molar-refractivity contribution in [2.75, 3.05) is 0 Å². The van der Waals surface area contributed by atoms with Gasteiger partial charge in [-0.2, -0.15) is 0 Å². The second kappa shape index (κ2) is 5.10. The van der Waals surface area contributed by atoms with Crippen molar-refractivity contribution in [1.29, 1.82) is 0 Å². The number of aliphatic carboxylic acids is 1. The summed E-state index contributed by atoms with van der Waals surface area (Å²) in [5, 5.41) is 9.46. The van der Waals surface area contributed by atoms with Crippen LogP contribution in [0.25, 0.3) is 0 Å². The van der Waals surface area contributed by atoms with Gasteiger partial charge in [-0.25, -0.2) is 0 Å². The summed E-state index contributed by atoms with van der Waals surface area (Å²) in [5.41, 5.74) is 3.06. The molecule has 0 amide bonds. The average Bonchev–Trinajstić information content (AvgIpc) is 3.28. The summed E-state index contributed by atoms with van der Waals surface area (Å²) < 4.78 is 0. The highest BCUT2D eigenvalue weighted by atomic mass is 16.4. The van der Waals surface area contributed by atoms with E-state index in [1.165, 1.54) is 0 Å². The minimum atomic E-state index is -0.743. The molecule has 0 unspecified atom stereocenters. The van der Waals surface area contributed by atoms with Gasteiger partial charge in [0.15, 0.2) is 0 Å². The highest BCUT2D eigenvalue weighted by Gasteiger charge is 2.52. The van der Waals surface area contributed by atoms with E-state index in [1.807, 2.05) is 55.5 Å². The molecular weight excluding hydrogens is 260 g/mol. The lowest BCUT2D eigenvalue weighted by Gasteiger charge is -2.12. The standard InChI is InChI=1S/C19H16O2/c1-14-6-2-3-7-15(14)10-11-16-8-4-5-9-17(16)19(12-13-19)18(20)21/h2-9H,12-13H2,1H3,(H,20,21). The molecule has 1 aliphatic rings. The summed E-state index contributed by atoms with van der Waals surface area (Å²) in [6.45, 7) is 2.02. The number of carboxylic acids is 1. The van der Waals surface area contributed by atoms with E-state index in [1.54, 1.807) is 0 Å². The van der Waals surface area contributed by atoms with Crippen LogP contribution in [0.1, 0.15) is 35.1 Å². The van der Waals surface area contributed by atoms with Crippen molar-refractivity contribution in [2.45, 2.75) is 25.2 Å². The van der Waals surface area contributed by atoms with Crippen LogP contribution in [0.15, 0.2) is 48.5 Å². The largest absolute Gasteiger partial charge is 0.481 e. The van der Waals surface area contributed by atoms with Gasteiger partial charge in [0.2, 0.25) is 0 Å². The quantitative estimate of drug-likeness (QED) is 0.852. The molecular formula is C19H16O2. The first-order valence-electron chi connectivity index (χ1n) is 7.04. The zero-order valence-electron chi connectivity index (χ0n) is 11.9. The molecule has 1 N–H and O–H groups in total. The lowest BCUT2D eigenvalue weighted by molar-refractivity contribution is -0.140. The Balaban J connectivity index is 2.03. The lowest BCUT2D eigenvalue weighted by atomic mass is 9.91. The number of carboxylic acid groups (broad SMARTS) is 1. The summed E-state index contributed by atoms with van der Waals surface area (Å²) in [6.07, 6.45) is 1.40. The molecule has 0 aromatic heterocycles. The third-order valence-electron chi connectivity index (χ3n) is 4.08. The van der Waals surface area contributed by atoms with Crippen molar-refractivity contribution in [3.8, 4) is 11.8 Å². The van der Waals surface area contributed by atoms with Crippen LogP contribution in [-0.4, -0.2) is 11.1 Å². The molecule has 1 fully saturated rings. The molecule has 1 saturated carbocycles. The van der Waals surface area contributed by atoms with Crippen LogP contribution in [-0.2, 0) is 10.2 Å². The smallest absolute Gasteiger partial charge is 0.314 e. The van der Waals surface area contributed by atoms with E-state index in [0.717, 1.165) is 22.3 Å². The molecule has 1 aliphatic carbocycles. The third kappa shape index (κ3) is 2.43. The summed E-state index contributed by atoms with van der Waals surface area (Å²) in [7, 11) is 0. The molecule has 0 bridgehead atoms. The predicted molar refractivity (Wildman–Crippen MR) is 82.1 cm³/mol. The molecule has 2 aromatic carbocycles. The number of hydrogen-bond donors (Lipinski definition) is 1. The monoisotopic (exact) mass is 276 g/mol. The van der Waals surface area contributed by atoms with Crippen molar-refractivity contribution < 1.29 is 9.90 Å². The van der Waals surface area contributed by atoms with Crippen molar-refractivity contribution in [3.05, 3.63) is 70.8 Å². The van der Waals surface area contributed by atoms with Crippen LogP contribution in [0.4, 0.5) is 0 Å². The van der Waals surface area contributed by atoms with Crippen LogP contribution < -0.4 is 0 Å². The Hall–Kier alpha value is -2.53. The lowest BCUT2D eigenvalue weighted by Crippen LogP contribution is -2.20. The summed E-state index contributed by atoms with van der Waals surface area (Å²) in [4.78, 5) is 11.5. The molecule has 2 heteroatoms. The maximum absolute atomic E-state index is 11.5. The van der Waals surface area contributed by atoms with E-state index in [9.17, 15) is 9.90 Å². The first-order chi connectivity index (χ1) is 10.1. The van der Waals surface area contributed by atoms with Crippen LogP contribution in [0.2, 0.25) is 0 Å². The molecule has 0 spiro atoms. The van der Waals surface area contributed by atoms with Crippen LogP contribution in [0, 0.1) is 18.8 Å². The highest BCUT2D eigenvalue weighted by Crippen LogP contribution is 2.49. The minimum Gasteiger partial charge on any atom is -0.481 e. The van der Waals surface area contributed by atoms with Gasteiger partial charge in [-0.15, -0.1) is 0 Å².